The number of hydrogen-bond donors (Lipinski definition) is 1. The summed E-state index contributed by atoms with van der Waals surface area (Å²) in [4.78, 5) is 0. The quantitative estimate of drug-likeness (QED) is 0.720. The Morgan fingerprint density at radius 1 is 1.38 bits per heavy atom. The minimum Gasteiger partial charge on any atom is -0.391 e. The molecular formula is C10H20O3. The Kier molecular flexibility index (Phi) is 4.70. The van der Waals surface area contributed by atoms with Crippen LogP contribution in [0.25, 0.3) is 0 Å². The van der Waals surface area contributed by atoms with E-state index in [0.29, 0.717) is 5.92 Å². The number of aliphatic hydroxyl groups excluding tert-OH is 1. The molecule has 0 aromatic carbocycles. The van der Waals surface area contributed by atoms with E-state index < -0.39 is 0 Å². The van der Waals surface area contributed by atoms with Crippen LogP contribution in [-0.4, -0.2) is 37.1 Å². The number of hydrogen-bond acceptors (Lipinski definition) is 3. The van der Waals surface area contributed by atoms with Crippen molar-refractivity contribution in [3.63, 3.8) is 0 Å². The van der Waals surface area contributed by atoms with Gasteiger partial charge in [0.05, 0.1) is 18.8 Å². The van der Waals surface area contributed by atoms with Crippen LogP contribution in [0.4, 0.5) is 0 Å². The molecule has 3 nitrogen and oxygen atoms in total. The summed E-state index contributed by atoms with van der Waals surface area (Å²) in [6.07, 6.45) is 1.75. The fourth-order valence-electron chi connectivity index (χ4n) is 1.34. The van der Waals surface area contributed by atoms with Gasteiger partial charge in [0, 0.05) is 13.2 Å². The predicted octanol–water partition coefficient (Wildman–Crippen LogP) is 1.20. The molecule has 0 aromatic rings. The van der Waals surface area contributed by atoms with Crippen LogP contribution in [-0.2, 0) is 9.47 Å². The maximum absolute atomic E-state index is 9.20. The summed E-state index contributed by atoms with van der Waals surface area (Å²) in [5.74, 6) is 0.620. The summed E-state index contributed by atoms with van der Waals surface area (Å²) >= 11 is 0. The molecule has 13 heavy (non-hydrogen) atoms. The standard InChI is InChI=1S/C10H20O3/c1-8(11)9(2)13-7-10-3-5-12-6-4-10/h8-11H,3-7H2,1-2H3/t8-,9?/m0/s1. The first-order chi connectivity index (χ1) is 6.20. The van der Waals surface area contributed by atoms with Crippen molar-refractivity contribution < 1.29 is 14.6 Å². The van der Waals surface area contributed by atoms with Crippen LogP contribution in [0.15, 0.2) is 0 Å². The van der Waals surface area contributed by atoms with E-state index in [1.54, 1.807) is 6.92 Å². The van der Waals surface area contributed by atoms with Gasteiger partial charge < -0.3 is 14.6 Å². The number of ether oxygens (including phenoxy) is 2. The second-order valence-electron chi connectivity index (χ2n) is 3.83. The van der Waals surface area contributed by atoms with Crippen molar-refractivity contribution in [1.29, 1.82) is 0 Å². The van der Waals surface area contributed by atoms with Gasteiger partial charge in [-0.25, -0.2) is 0 Å². The summed E-state index contributed by atoms with van der Waals surface area (Å²) in [5, 5.41) is 9.20. The first-order valence-electron chi connectivity index (χ1n) is 5.07. The summed E-state index contributed by atoms with van der Waals surface area (Å²) < 4.78 is 10.8. The molecule has 0 aromatic heterocycles. The van der Waals surface area contributed by atoms with Crippen molar-refractivity contribution in [1.82, 2.24) is 0 Å². The van der Waals surface area contributed by atoms with Gasteiger partial charge in [0.15, 0.2) is 0 Å². The van der Waals surface area contributed by atoms with Gasteiger partial charge in [-0.2, -0.15) is 0 Å². The molecule has 78 valence electrons. The van der Waals surface area contributed by atoms with E-state index in [2.05, 4.69) is 0 Å². The molecule has 0 spiro atoms. The SMILES string of the molecule is CC(OCC1CCOCC1)[C@H](C)O. The normalized spacial score (nSPS) is 24.2. The second kappa shape index (κ2) is 5.58. The van der Waals surface area contributed by atoms with E-state index in [9.17, 15) is 5.11 Å². The van der Waals surface area contributed by atoms with Crippen LogP contribution in [0.5, 0.6) is 0 Å². The average molecular weight is 188 g/mol. The van der Waals surface area contributed by atoms with Crippen LogP contribution >= 0.6 is 0 Å². The Morgan fingerprint density at radius 2 is 2.00 bits per heavy atom. The van der Waals surface area contributed by atoms with E-state index in [1.165, 1.54) is 0 Å². The lowest BCUT2D eigenvalue weighted by Crippen LogP contribution is -2.27. The Labute approximate surface area is 80.0 Å². The zero-order chi connectivity index (χ0) is 9.68. The second-order valence-corrected chi connectivity index (χ2v) is 3.83. The van der Waals surface area contributed by atoms with Gasteiger partial charge in [-0.1, -0.05) is 0 Å². The summed E-state index contributed by atoms with van der Waals surface area (Å²) in [7, 11) is 0. The highest BCUT2D eigenvalue weighted by Gasteiger charge is 2.16. The lowest BCUT2D eigenvalue weighted by molar-refractivity contribution is -0.0486. The molecule has 1 N–H and O–H groups in total. The summed E-state index contributed by atoms with van der Waals surface area (Å²) in [6, 6.07) is 0. The third-order valence-corrected chi connectivity index (χ3v) is 2.62. The Hall–Kier alpha value is -0.120. The molecule has 1 fully saturated rings. The van der Waals surface area contributed by atoms with E-state index in [4.69, 9.17) is 9.47 Å². The van der Waals surface area contributed by atoms with Crippen LogP contribution in [0.1, 0.15) is 26.7 Å². The fraction of sp³-hybridized carbons (Fsp3) is 1.00. The first-order valence-corrected chi connectivity index (χ1v) is 5.07. The molecule has 1 aliphatic rings. The summed E-state index contributed by atoms with van der Waals surface area (Å²) in [5.41, 5.74) is 0. The topological polar surface area (TPSA) is 38.7 Å². The fourth-order valence-corrected chi connectivity index (χ4v) is 1.34. The maximum Gasteiger partial charge on any atom is 0.0803 e. The predicted molar refractivity (Wildman–Crippen MR) is 50.6 cm³/mol. The highest BCUT2D eigenvalue weighted by atomic mass is 16.5. The zero-order valence-electron chi connectivity index (χ0n) is 8.53. The van der Waals surface area contributed by atoms with Crippen molar-refractivity contribution in [2.24, 2.45) is 5.92 Å². The van der Waals surface area contributed by atoms with E-state index in [-0.39, 0.29) is 12.2 Å². The van der Waals surface area contributed by atoms with Gasteiger partial charge >= 0.3 is 0 Å². The molecule has 0 saturated carbocycles. The largest absolute Gasteiger partial charge is 0.391 e. The molecule has 1 rings (SSSR count). The molecule has 0 aliphatic carbocycles. The van der Waals surface area contributed by atoms with E-state index >= 15 is 0 Å². The average Bonchev–Trinajstić information content (AvgIpc) is 2.15. The minimum atomic E-state index is -0.375. The van der Waals surface area contributed by atoms with E-state index in [1.807, 2.05) is 6.92 Å². The van der Waals surface area contributed by atoms with Crippen LogP contribution < -0.4 is 0 Å². The monoisotopic (exact) mass is 188 g/mol. The van der Waals surface area contributed by atoms with Crippen LogP contribution in [0, 0.1) is 5.92 Å². The van der Waals surface area contributed by atoms with Gasteiger partial charge in [0.2, 0.25) is 0 Å². The molecule has 1 heterocycles. The molecule has 0 radical (unpaired) electrons. The van der Waals surface area contributed by atoms with Gasteiger partial charge in [-0.3, -0.25) is 0 Å². The summed E-state index contributed by atoms with van der Waals surface area (Å²) in [6.45, 7) is 6.14. The molecule has 0 bridgehead atoms. The van der Waals surface area contributed by atoms with Crippen molar-refractivity contribution in [3.8, 4) is 0 Å². The van der Waals surface area contributed by atoms with Gasteiger partial charge in [-0.15, -0.1) is 0 Å². The Bertz CT molecular complexity index is 130. The third kappa shape index (κ3) is 4.07. The number of rotatable bonds is 4. The van der Waals surface area contributed by atoms with Crippen LogP contribution in [0.3, 0.4) is 0 Å². The van der Waals surface area contributed by atoms with Crippen molar-refractivity contribution >= 4 is 0 Å². The molecule has 1 unspecified atom stereocenters. The van der Waals surface area contributed by atoms with Crippen LogP contribution in [0.2, 0.25) is 0 Å². The lowest BCUT2D eigenvalue weighted by Gasteiger charge is -2.24. The smallest absolute Gasteiger partial charge is 0.0803 e. The molecule has 2 atom stereocenters. The van der Waals surface area contributed by atoms with Gasteiger partial charge in [0.25, 0.3) is 0 Å². The molecule has 3 heteroatoms. The van der Waals surface area contributed by atoms with Crippen molar-refractivity contribution in [2.45, 2.75) is 38.9 Å². The molecule has 0 amide bonds. The van der Waals surface area contributed by atoms with Gasteiger partial charge in [0.1, 0.15) is 0 Å². The molecule has 1 aliphatic heterocycles. The Balaban J connectivity index is 2.10. The van der Waals surface area contributed by atoms with Crippen molar-refractivity contribution in [2.75, 3.05) is 19.8 Å². The lowest BCUT2D eigenvalue weighted by atomic mass is 10.0. The van der Waals surface area contributed by atoms with E-state index in [0.717, 1.165) is 32.7 Å². The van der Waals surface area contributed by atoms with Crippen molar-refractivity contribution in [3.05, 3.63) is 0 Å². The van der Waals surface area contributed by atoms with Gasteiger partial charge in [-0.05, 0) is 32.6 Å². The first kappa shape index (κ1) is 11.0. The third-order valence-electron chi connectivity index (χ3n) is 2.62. The molecular weight excluding hydrogens is 168 g/mol. The highest BCUT2D eigenvalue weighted by molar-refractivity contribution is 4.64. The number of aliphatic hydroxyl groups is 1. The highest BCUT2D eigenvalue weighted by Crippen LogP contribution is 2.15. The minimum absolute atomic E-state index is 0.0529. The Morgan fingerprint density at radius 3 is 2.54 bits per heavy atom. The maximum atomic E-state index is 9.20. The zero-order valence-corrected chi connectivity index (χ0v) is 8.53. The molecule has 1 saturated heterocycles.